The van der Waals surface area contributed by atoms with Crippen molar-refractivity contribution in [1.29, 1.82) is 5.26 Å². The van der Waals surface area contributed by atoms with Crippen LogP contribution in [0.2, 0.25) is 5.02 Å². The summed E-state index contributed by atoms with van der Waals surface area (Å²) >= 11 is 5.71. The summed E-state index contributed by atoms with van der Waals surface area (Å²) < 4.78 is 0. The lowest BCUT2D eigenvalue weighted by molar-refractivity contribution is 0.466. The molecule has 0 radical (unpaired) electrons. The minimum atomic E-state index is -0.527. The Morgan fingerprint density at radius 1 is 1.64 bits per heavy atom. The maximum atomic E-state index is 9.55. The van der Waals surface area contributed by atoms with Crippen molar-refractivity contribution in [1.82, 2.24) is 0 Å². The molecule has 1 atom stereocenters. The molecule has 0 fully saturated rings. The van der Waals surface area contributed by atoms with Gasteiger partial charge in [0, 0.05) is 5.56 Å². The van der Waals surface area contributed by atoms with E-state index in [0.717, 1.165) is 0 Å². The van der Waals surface area contributed by atoms with Crippen molar-refractivity contribution in [2.45, 2.75) is 6.04 Å². The number of phenolic OH excluding ortho intramolecular Hbond substituents is 1. The average Bonchev–Trinajstić information content (AvgIpc) is 2.20. The zero-order valence-electron chi connectivity index (χ0n) is 7.37. The molecule has 0 saturated carbocycles. The van der Waals surface area contributed by atoms with E-state index < -0.39 is 6.04 Å². The molecule has 4 heteroatoms. The van der Waals surface area contributed by atoms with E-state index in [1.807, 2.05) is 6.07 Å². The fraction of sp³-hybridized carbons (Fsp3) is 0.100. The molecule has 0 saturated heterocycles. The maximum Gasteiger partial charge on any atom is 0.139 e. The summed E-state index contributed by atoms with van der Waals surface area (Å²) in [4.78, 5) is 0. The molecule has 0 unspecified atom stereocenters. The second-order valence-electron chi connectivity index (χ2n) is 2.77. The number of aromatic hydroxyl groups is 1. The fourth-order valence-corrected chi connectivity index (χ4v) is 1.29. The van der Waals surface area contributed by atoms with Gasteiger partial charge in [0.25, 0.3) is 0 Å². The van der Waals surface area contributed by atoms with Crippen molar-refractivity contribution in [3.05, 3.63) is 40.9 Å². The number of hydrogen-bond donors (Lipinski definition) is 2. The van der Waals surface area contributed by atoms with Crippen LogP contribution in [-0.4, -0.2) is 5.11 Å². The van der Waals surface area contributed by atoms with Crippen molar-refractivity contribution < 1.29 is 5.11 Å². The van der Waals surface area contributed by atoms with E-state index in [-0.39, 0.29) is 10.8 Å². The van der Waals surface area contributed by atoms with Gasteiger partial charge in [0.2, 0.25) is 0 Å². The number of nitrogens with two attached hydrogens (primary N) is 1. The third kappa shape index (κ3) is 1.87. The summed E-state index contributed by atoms with van der Waals surface area (Å²) in [6, 6.07) is 4.28. The van der Waals surface area contributed by atoms with E-state index in [1.165, 1.54) is 18.2 Å². The molecule has 0 spiro atoms. The van der Waals surface area contributed by atoms with E-state index in [2.05, 4.69) is 6.58 Å². The molecule has 1 aromatic rings. The molecule has 1 aromatic carbocycles. The Kier molecular flexibility index (Phi) is 3.13. The van der Waals surface area contributed by atoms with Gasteiger partial charge in [0.15, 0.2) is 0 Å². The van der Waals surface area contributed by atoms with Gasteiger partial charge in [-0.05, 0) is 12.1 Å². The molecule has 0 aliphatic rings. The van der Waals surface area contributed by atoms with Crippen molar-refractivity contribution >= 4 is 11.6 Å². The standard InChI is InChI=1S/C10H9ClN2O/c1-2-9(13)7-3-6(5-12)4-8(11)10(7)14/h2-4,9,14H,1,13H2/t9-/m1/s1. The molecular weight excluding hydrogens is 200 g/mol. The first-order valence-corrected chi connectivity index (χ1v) is 4.28. The van der Waals surface area contributed by atoms with Gasteiger partial charge < -0.3 is 10.8 Å². The summed E-state index contributed by atoms with van der Waals surface area (Å²) in [7, 11) is 0. The minimum Gasteiger partial charge on any atom is -0.506 e. The van der Waals surface area contributed by atoms with Crippen molar-refractivity contribution in [2.24, 2.45) is 5.73 Å². The predicted molar refractivity (Wildman–Crippen MR) is 55.0 cm³/mol. The second-order valence-corrected chi connectivity index (χ2v) is 3.18. The van der Waals surface area contributed by atoms with Crippen LogP contribution in [0.1, 0.15) is 17.2 Å². The second kappa shape index (κ2) is 4.14. The van der Waals surface area contributed by atoms with Gasteiger partial charge in [-0.1, -0.05) is 17.7 Å². The molecule has 0 aliphatic heterocycles. The first-order valence-electron chi connectivity index (χ1n) is 3.90. The minimum absolute atomic E-state index is 0.0990. The smallest absolute Gasteiger partial charge is 0.139 e. The van der Waals surface area contributed by atoms with E-state index >= 15 is 0 Å². The van der Waals surface area contributed by atoms with Crippen molar-refractivity contribution in [3.8, 4) is 11.8 Å². The number of hydrogen-bond acceptors (Lipinski definition) is 3. The number of nitriles is 1. The van der Waals surface area contributed by atoms with E-state index in [9.17, 15) is 5.11 Å². The summed E-state index contributed by atoms with van der Waals surface area (Å²) in [5, 5.41) is 18.3. The van der Waals surface area contributed by atoms with Gasteiger partial charge in [-0.3, -0.25) is 0 Å². The highest BCUT2D eigenvalue weighted by atomic mass is 35.5. The Bertz CT molecular complexity index is 409. The largest absolute Gasteiger partial charge is 0.506 e. The zero-order chi connectivity index (χ0) is 10.7. The first kappa shape index (κ1) is 10.6. The lowest BCUT2D eigenvalue weighted by atomic mass is 10.0. The average molecular weight is 209 g/mol. The summed E-state index contributed by atoms with van der Waals surface area (Å²) in [5.41, 5.74) is 6.41. The van der Waals surface area contributed by atoms with Crippen LogP contribution in [0.4, 0.5) is 0 Å². The molecule has 0 amide bonds. The van der Waals surface area contributed by atoms with Gasteiger partial charge in [-0.2, -0.15) is 5.26 Å². The van der Waals surface area contributed by atoms with Gasteiger partial charge in [0.05, 0.1) is 22.7 Å². The fourth-order valence-electron chi connectivity index (χ4n) is 1.07. The lowest BCUT2D eigenvalue weighted by Crippen LogP contribution is -2.07. The predicted octanol–water partition coefficient (Wildman–Crippen LogP) is 2.10. The monoisotopic (exact) mass is 208 g/mol. The Balaban J connectivity index is 3.35. The SMILES string of the molecule is C=C[C@@H](N)c1cc(C#N)cc(Cl)c1O. The van der Waals surface area contributed by atoms with Gasteiger partial charge in [-0.25, -0.2) is 0 Å². The Morgan fingerprint density at radius 3 is 2.79 bits per heavy atom. The third-order valence-electron chi connectivity index (χ3n) is 1.84. The Hall–Kier alpha value is -1.50. The molecule has 1 rings (SSSR count). The first-order chi connectivity index (χ1) is 6.60. The lowest BCUT2D eigenvalue weighted by Gasteiger charge is -2.10. The Labute approximate surface area is 87.0 Å². The summed E-state index contributed by atoms with van der Waals surface area (Å²) in [5.74, 6) is -0.0990. The van der Waals surface area contributed by atoms with Gasteiger partial charge in [0.1, 0.15) is 5.75 Å². The quantitative estimate of drug-likeness (QED) is 0.732. The molecular formula is C10H9ClN2O. The summed E-state index contributed by atoms with van der Waals surface area (Å²) in [6.07, 6.45) is 1.46. The van der Waals surface area contributed by atoms with Crippen LogP contribution in [-0.2, 0) is 0 Å². The number of halogens is 1. The highest BCUT2D eigenvalue weighted by Crippen LogP contribution is 2.32. The normalized spacial score (nSPS) is 11.8. The molecule has 0 bridgehead atoms. The number of phenols is 1. The number of benzene rings is 1. The highest BCUT2D eigenvalue weighted by molar-refractivity contribution is 6.32. The zero-order valence-corrected chi connectivity index (χ0v) is 8.12. The highest BCUT2D eigenvalue weighted by Gasteiger charge is 2.12. The van der Waals surface area contributed by atoms with Crippen molar-refractivity contribution in [2.75, 3.05) is 0 Å². The molecule has 72 valence electrons. The molecule has 14 heavy (non-hydrogen) atoms. The molecule has 3 nitrogen and oxygen atoms in total. The molecule has 3 N–H and O–H groups in total. The topological polar surface area (TPSA) is 70.0 Å². The van der Waals surface area contributed by atoms with E-state index in [4.69, 9.17) is 22.6 Å². The van der Waals surface area contributed by atoms with Crippen LogP contribution in [0, 0.1) is 11.3 Å². The maximum absolute atomic E-state index is 9.55. The van der Waals surface area contributed by atoms with Crippen LogP contribution >= 0.6 is 11.6 Å². The van der Waals surface area contributed by atoms with Crippen LogP contribution < -0.4 is 5.73 Å². The van der Waals surface area contributed by atoms with Crippen LogP contribution in [0.3, 0.4) is 0 Å². The Morgan fingerprint density at radius 2 is 2.29 bits per heavy atom. The number of nitrogens with zero attached hydrogens (tertiary/aromatic N) is 1. The number of rotatable bonds is 2. The third-order valence-corrected chi connectivity index (χ3v) is 2.12. The van der Waals surface area contributed by atoms with Crippen molar-refractivity contribution in [3.63, 3.8) is 0 Å². The van der Waals surface area contributed by atoms with Gasteiger partial charge >= 0.3 is 0 Å². The van der Waals surface area contributed by atoms with Gasteiger partial charge in [-0.15, -0.1) is 6.58 Å². The van der Waals surface area contributed by atoms with E-state index in [1.54, 1.807) is 0 Å². The molecule has 0 aliphatic carbocycles. The molecule has 0 heterocycles. The van der Waals surface area contributed by atoms with E-state index in [0.29, 0.717) is 11.1 Å². The van der Waals surface area contributed by atoms with Crippen LogP contribution in [0.5, 0.6) is 5.75 Å². The molecule has 0 aromatic heterocycles. The van der Waals surface area contributed by atoms with Crippen LogP contribution in [0.15, 0.2) is 24.8 Å². The summed E-state index contributed by atoms with van der Waals surface area (Å²) in [6.45, 7) is 3.50. The van der Waals surface area contributed by atoms with Crippen LogP contribution in [0.25, 0.3) is 0 Å².